The fourth-order valence-electron chi connectivity index (χ4n) is 2.45. The van der Waals surface area contributed by atoms with Crippen LogP contribution in [0.5, 0.6) is 5.75 Å². The van der Waals surface area contributed by atoms with E-state index in [0.717, 1.165) is 23.4 Å². The molecular weight excluding hydrogens is 384 g/mol. The number of halogens is 1. The van der Waals surface area contributed by atoms with Crippen molar-refractivity contribution in [1.29, 1.82) is 0 Å². The Morgan fingerprint density at radius 1 is 1.26 bits per heavy atom. The van der Waals surface area contributed by atoms with Gasteiger partial charge in [0.25, 0.3) is 0 Å². The first-order valence-electron chi connectivity index (χ1n) is 8.34. The summed E-state index contributed by atoms with van der Waals surface area (Å²) >= 11 is 7.37. The SMILES string of the molecule is COc1ccc(CCNC(=O)CSc2nncn2-c2cccc(Cl)c2)cc1. The topological polar surface area (TPSA) is 69.0 Å². The Morgan fingerprint density at radius 2 is 2.07 bits per heavy atom. The summed E-state index contributed by atoms with van der Waals surface area (Å²) in [5, 5.41) is 12.2. The Kier molecular flexibility index (Phi) is 6.73. The molecule has 0 saturated heterocycles. The average molecular weight is 403 g/mol. The first-order valence-corrected chi connectivity index (χ1v) is 9.70. The van der Waals surface area contributed by atoms with Gasteiger partial charge < -0.3 is 10.1 Å². The first-order chi connectivity index (χ1) is 13.2. The highest BCUT2D eigenvalue weighted by Gasteiger charge is 2.10. The Balaban J connectivity index is 1.47. The molecule has 3 aromatic rings. The Bertz CT molecular complexity index is 899. The van der Waals surface area contributed by atoms with Crippen LogP contribution in [-0.4, -0.2) is 40.1 Å². The van der Waals surface area contributed by atoms with E-state index in [9.17, 15) is 4.79 Å². The summed E-state index contributed by atoms with van der Waals surface area (Å²) in [4.78, 5) is 12.1. The van der Waals surface area contributed by atoms with Crippen LogP contribution in [0.15, 0.2) is 60.0 Å². The lowest BCUT2D eigenvalue weighted by molar-refractivity contribution is -0.118. The molecule has 1 amide bonds. The molecule has 0 spiro atoms. The van der Waals surface area contributed by atoms with Crippen molar-refractivity contribution >= 4 is 29.3 Å². The molecule has 8 heteroatoms. The summed E-state index contributed by atoms with van der Waals surface area (Å²) in [5.74, 6) is 1.04. The highest BCUT2D eigenvalue weighted by molar-refractivity contribution is 7.99. The van der Waals surface area contributed by atoms with E-state index in [1.54, 1.807) is 24.1 Å². The normalized spacial score (nSPS) is 10.6. The monoisotopic (exact) mass is 402 g/mol. The van der Waals surface area contributed by atoms with E-state index in [0.29, 0.717) is 16.7 Å². The minimum absolute atomic E-state index is 0.0471. The van der Waals surface area contributed by atoms with Crippen molar-refractivity contribution in [3.05, 3.63) is 65.4 Å². The average Bonchev–Trinajstić information content (AvgIpc) is 3.15. The lowest BCUT2D eigenvalue weighted by atomic mass is 10.1. The second kappa shape index (κ2) is 9.43. The Labute approximate surface area is 166 Å². The molecule has 0 unspecified atom stereocenters. The van der Waals surface area contributed by atoms with Gasteiger partial charge in [0.05, 0.1) is 18.6 Å². The maximum Gasteiger partial charge on any atom is 0.230 e. The number of carbonyl (C=O) groups is 1. The molecule has 0 bridgehead atoms. The molecule has 0 radical (unpaired) electrons. The van der Waals surface area contributed by atoms with E-state index >= 15 is 0 Å². The quantitative estimate of drug-likeness (QED) is 0.585. The van der Waals surface area contributed by atoms with Crippen molar-refractivity contribution < 1.29 is 9.53 Å². The van der Waals surface area contributed by atoms with Crippen LogP contribution in [0.25, 0.3) is 5.69 Å². The van der Waals surface area contributed by atoms with Gasteiger partial charge in [0, 0.05) is 11.6 Å². The molecule has 1 heterocycles. The molecule has 6 nitrogen and oxygen atoms in total. The van der Waals surface area contributed by atoms with Crippen LogP contribution in [0.2, 0.25) is 5.02 Å². The minimum atomic E-state index is -0.0471. The van der Waals surface area contributed by atoms with Gasteiger partial charge in [-0.3, -0.25) is 9.36 Å². The van der Waals surface area contributed by atoms with Crippen LogP contribution in [0.3, 0.4) is 0 Å². The number of nitrogens with zero attached hydrogens (tertiary/aromatic N) is 3. The van der Waals surface area contributed by atoms with Gasteiger partial charge in [-0.1, -0.05) is 41.6 Å². The third-order valence-electron chi connectivity index (χ3n) is 3.83. The van der Waals surface area contributed by atoms with E-state index in [2.05, 4.69) is 15.5 Å². The molecule has 0 saturated carbocycles. The van der Waals surface area contributed by atoms with Crippen LogP contribution < -0.4 is 10.1 Å². The number of rotatable bonds is 8. The van der Waals surface area contributed by atoms with Gasteiger partial charge in [-0.15, -0.1) is 10.2 Å². The van der Waals surface area contributed by atoms with Crippen molar-refractivity contribution in [2.75, 3.05) is 19.4 Å². The van der Waals surface area contributed by atoms with Crippen molar-refractivity contribution in [3.8, 4) is 11.4 Å². The largest absolute Gasteiger partial charge is 0.497 e. The number of aromatic nitrogens is 3. The van der Waals surface area contributed by atoms with E-state index in [1.165, 1.54) is 11.8 Å². The van der Waals surface area contributed by atoms with Crippen LogP contribution >= 0.6 is 23.4 Å². The van der Waals surface area contributed by atoms with Crippen LogP contribution in [0.4, 0.5) is 0 Å². The lowest BCUT2D eigenvalue weighted by Gasteiger charge is -2.08. The third-order valence-corrected chi connectivity index (χ3v) is 5.01. The van der Waals surface area contributed by atoms with Gasteiger partial charge >= 0.3 is 0 Å². The molecule has 0 atom stereocenters. The number of benzene rings is 2. The summed E-state index contributed by atoms with van der Waals surface area (Å²) in [6.07, 6.45) is 2.37. The molecule has 0 aliphatic heterocycles. The zero-order chi connectivity index (χ0) is 19.1. The van der Waals surface area contributed by atoms with E-state index in [4.69, 9.17) is 16.3 Å². The number of nitrogens with one attached hydrogen (secondary N) is 1. The zero-order valence-electron chi connectivity index (χ0n) is 14.8. The second-order valence-electron chi connectivity index (χ2n) is 5.70. The standard InChI is InChI=1S/C19H19ClN4O2S/c1-26-17-7-5-14(6-8-17)9-10-21-18(25)12-27-19-23-22-13-24(19)16-4-2-3-15(20)11-16/h2-8,11,13H,9-10,12H2,1H3,(H,21,25). The molecule has 2 aromatic carbocycles. The van der Waals surface area contributed by atoms with Gasteiger partial charge in [0.2, 0.25) is 5.91 Å². The second-order valence-corrected chi connectivity index (χ2v) is 7.08. The van der Waals surface area contributed by atoms with Crippen LogP contribution in [0.1, 0.15) is 5.56 Å². The third kappa shape index (κ3) is 5.48. The molecule has 1 N–H and O–H groups in total. The van der Waals surface area contributed by atoms with Crippen molar-refractivity contribution in [3.63, 3.8) is 0 Å². The van der Waals surface area contributed by atoms with E-state index in [1.807, 2.05) is 42.5 Å². The minimum Gasteiger partial charge on any atom is -0.497 e. The van der Waals surface area contributed by atoms with Gasteiger partial charge in [0.1, 0.15) is 12.1 Å². The van der Waals surface area contributed by atoms with Gasteiger partial charge in [-0.25, -0.2) is 0 Å². The molecular formula is C19H19ClN4O2S. The molecule has 0 fully saturated rings. The predicted octanol–water partition coefficient (Wildman–Crippen LogP) is 3.38. The lowest BCUT2D eigenvalue weighted by Crippen LogP contribution is -2.27. The van der Waals surface area contributed by atoms with Gasteiger partial charge in [0.15, 0.2) is 5.16 Å². The molecule has 0 aliphatic carbocycles. The highest BCUT2D eigenvalue weighted by Crippen LogP contribution is 2.21. The maximum atomic E-state index is 12.1. The molecule has 3 rings (SSSR count). The summed E-state index contributed by atoms with van der Waals surface area (Å²) < 4.78 is 6.94. The predicted molar refractivity (Wildman–Crippen MR) is 107 cm³/mol. The van der Waals surface area contributed by atoms with E-state index < -0.39 is 0 Å². The zero-order valence-corrected chi connectivity index (χ0v) is 16.3. The first kappa shape index (κ1) is 19.3. The van der Waals surface area contributed by atoms with E-state index in [-0.39, 0.29) is 11.7 Å². The fourth-order valence-corrected chi connectivity index (χ4v) is 3.39. The van der Waals surface area contributed by atoms with Crippen molar-refractivity contribution in [1.82, 2.24) is 20.1 Å². The maximum absolute atomic E-state index is 12.1. The Hall–Kier alpha value is -2.51. The molecule has 140 valence electrons. The summed E-state index contributed by atoms with van der Waals surface area (Å²) in [6.45, 7) is 0.576. The number of ether oxygens (including phenoxy) is 1. The molecule has 1 aromatic heterocycles. The van der Waals surface area contributed by atoms with Crippen molar-refractivity contribution in [2.45, 2.75) is 11.6 Å². The number of amides is 1. The highest BCUT2D eigenvalue weighted by atomic mass is 35.5. The Morgan fingerprint density at radius 3 is 2.81 bits per heavy atom. The fraction of sp³-hybridized carbons (Fsp3) is 0.211. The smallest absolute Gasteiger partial charge is 0.230 e. The van der Waals surface area contributed by atoms with Crippen LogP contribution in [0, 0.1) is 0 Å². The van der Waals surface area contributed by atoms with Crippen LogP contribution in [-0.2, 0) is 11.2 Å². The number of hydrogen-bond donors (Lipinski definition) is 1. The number of thioether (sulfide) groups is 1. The summed E-state index contributed by atoms with van der Waals surface area (Å²) in [5.41, 5.74) is 2.00. The summed E-state index contributed by atoms with van der Waals surface area (Å²) in [6, 6.07) is 15.2. The number of carbonyl (C=O) groups excluding carboxylic acids is 1. The molecule has 0 aliphatic rings. The van der Waals surface area contributed by atoms with Crippen molar-refractivity contribution in [2.24, 2.45) is 0 Å². The van der Waals surface area contributed by atoms with Gasteiger partial charge in [-0.2, -0.15) is 0 Å². The number of methoxy groups -OCH3 is 1. The van der Waals surface area contributed by atoms with Gasteiger partial charge in [-0.05, 0) is 42.3 Å². The molecule has 27 heavy (non-hydrogen) atoms. The summed E-state index contributed by atoms with van der Waals surface area (Å²) in [7, 11) is 1.64. The number of hydrogen-bond acceptors (Lipinski definition) is 5.